The van der Waals surface area contributed by atoms with E-state index in [0.29, 0.717) is 5.56 Å². The van der Waals surface area contributed by atoms with Gasteiger partial charge in [0.1, 0.15) is 0 Å². The average molecular weight is 243 g/mol. The Hall–Kier alpha value is -0.610. The Bertz CT molecular complexity index is 393. The quantitative estimate of drug-likeness (QED) is 0.813. The van der Waals surface area contributed by atoms with E-state index >= 15 is 0 Å². The number of benzene rings is 1. The molecule has 1 unspecified atom stereocenters. The van der Waals surface area contributed by atoms with Crippen LogP contribution in [0, 0.1) is 11.6 Å². The maximum atomic E-state index is 13.6. The summed E-state index contributed by atoms with van der Waals surface area (Å²) in [5.74, 6) is 0.274. The van der Waals surface area contributed by atoms with Gasteiger partial charge < -0.3 is 5.32 Å². The van der Waals surface area contributed by atoms with Gasteiger partial charge >= 0.3 is 0 Å². The summed E-state index contributed by atoms with van der Waals surface area (Å²) in [7, 11) is 0. The lowest BCUT2D eigenvalue weighted by Crippen LogP contribution is -2.48. The van der Waals surface area contributed by atoms with Crippen LogP contribution in [0.4, 0.5) is 8.78 Å². The molecule has 1 aliphatic heterocycles. The van der Waals surface area contributed by atoms with Crippen LogP contribution in [0.3, 0.4) is 0 Å². The van der Waals surface area contributed by atoms with Crippen LogP contribution in [0.1, 0.15) is 25.5 Å². The molecule has 4 heteroatoms. The highest BCUT2D eigenvalue weighted by Crippen LogP contribution is 2.30. The minimum Gasteiger partial charge on any atom is -0.303 e. The topological polar surface area (TPSA) is 12.0 Å². The smallest absolute Gasteiger partial charge is 0.163 e. The molecule has 0 radical (unpaired) electrons. The third kappa shape index (κ3) is 2.38. The normalized spacial score (nSPS) is 24.4. The van der Waals surface area contributed by atoms with Crippen LogP contribution in [-0.4, -0.2) is 17.0 Å². The number of rotatable bonds is 1. The van der Waals surface area contributed by atoms with Gasteiger partial charge in [0.15, 0.2) is 11.6 Å². The maximum Gasteiger partial charge on any atom is 0.163 e. The lowest BCUT2D eigenvalue weighted by atomic mass is 10.0. The van der Waals surface area contributed by atoms with E-state index < -0.39 is 11.6 Å². The monoisotopic (exact) mass is 243 g/mol. The highest BCUT2D eigenvalue weighted by atomic mass is 32.2. The van der Waals surface area contributed by atoms with Crippen molar-refractivity contribution in [2.75, 3.05) is 11.5 Å². The standard InChI is InChI=1S/C12H15F2NS/c1-12(2)7-16-6-10(15-12)8-4-3-5-9(13)11(8)14/h3-5,10,15H,6-7H2,1-2H3. The lowest BCUT2D eigenvalue weighted by Gasteiger charge is -2.37. The fraction of sp³-hybridized carbons (Fsp3) is 0.500. The van der Waals surface area contributed by atoms with E-state index in [9.17, 15) is 8.78 Å². The fourth-order valence-corrected chi connectivity index (χ4v) is 3.15. The summed E-state index contributed by atoms with van der Waals surface area (Å²) in [4.78, 5) is 0. The Morgan fingerprint density at radius 3 is 2.81 bits per heavy atom. The molecular formula is C12H15F2NS. The molecule has 1 N–H and O–H groups in total. The van der Waals surface area contributed by atoms with E-state index in [2.05, 4.69) is 19.2 Å². The first-order valence-electron chi connectivity index (χ1n) is 5.29. The predicted molar refractivity (Wildman–Crippen MR) is 63.6 cm³/mol. The average Bonchev–Trinajstić information content (AvgIpc) is 2.20. The molecule has 0 bridgehead atoms. The van der Waals surface area contributed by atoms with Crippen molar-refractivity contribution in [1.82, 2.24) is 5.32 Å². The second kappa shape index (κ2) is 4.34. The van der Waals surface area contributed by atoms with E-state index in [1.165, 1.54) is 0 Å². The zero-order chi connectivity index (χ0) is 11.8. The molecule has 1 aliphatic rings. The zero-order valence-electron chi connectivity index (χ0n) is 9.39. The van der Waals surface area contributed by atoms with Crippen molar-refractivity contribution >= 4 is 11.8 Å². The van der Waals surface area contributed by atoms with Crippen molar-refractivity contribution in [2.24, 2.45) is 0 Å². The molecule has 1 nitrogen and oxygen atoms in total. The summed E-state index contributed by atoms with van der Waals surface area (Å²) < 4.78 is 26.7. The molecule has 1 atom stereocenters. The highest BCUT2D eigenvalue weighted by Gasteiger charge is 2.30. The Balaban J connectivity index is 2.27. The zero-order valence-corrected chi connectivity index (χ0v) is 10.2. The van der Waals surface area contributed by atoms with Crippen molar-refractivity contribution in [2.45, 2.75) is 25.4 Å². The van der Waals surface area contributed by atoms with Gasteiger partial charge in [-0.3, -0.25) is 0 Å². The molecule has 2 rings (SSSR count). The van der Waals surface area contributed by atoms with Crippen LogP contribution in [0.2, 0.25) is 0 Å². The summed E-state index contributed by atoms with van der Waals surface area (Å²) in [6.07, 6.45) is 0. The summed E-state index contributed by atoms with van der Waals surface area (Å²) in [6, 6.07) is 4.25. The highest BCUT2D eigenvalue weighted by molar-refractivity contribution is 7.99. The fourth-order valence-electron chi connectivity index (χ4n) is 1.94. The van der Waals surface area contributed by atoms with E-state index in [-0.39, 0.29) is 11.6 Å². The molecule has 88 valence electrons. The minimum absolute atomic E-state index is 0.0354. The maximum absolute atomic E-state index is 13.6. The van der Waals surface area contributed by atoms with Crippen molar-refractivity contribution in [1.29, 1.82) is 0 Å². The second-order valence-corrected chi connectivity index (χ2v) is 5.77. The Morgan fingerprint density at radius 2 is 2.12 bits per heavy atom. The van der Waals surface area contributed by atoms with Crippen LogP contribution < -0.4 is 5.32 Å². The summed E-state index contributed by atoms with van der Waals surface area (Å²) in [5, 5.41) is 3.35. The van der Waals surface area contributed by atoms with Crippen LogP contribution in [0.5, 0.6) is 0 Å². The number of hydrogen-bond acceptors (Lipinski definition) is 2. The second-order valence-electron chi connectivity index (χ2n) is 4.74. The van der Waals surface area contributed by atoms with Gasteiger partial charge in [0, 0.05) is 28.6 Å². The number of hydrogen-bond donors (Lipinski definition) is 1. The Morgan fingerprint density at radius 1 is 1.38 bits per heavy atom. The van der Waals surface area contributed by atoms with Crippen molar-refractivity contribution in [3.05, 3.63) is 35.4 Å². The van der Waals surface area contributed by atoms with Gasteiger partial charge in [-0.15, -0.1) is 0 Å². The first-order valence-corrected chi connectivity index (χ1v) is 6.44. The lowest BCUT2D eigenvalue weighted by molar-refractivity contribution is 0.365. The number of thioether (sulfide) groups is 1. The Labute approximate surface area is 98.6 Å². The van der Waals surface area contributed by atoms with Crippen molar-refractivity contribution in [3.63, 3.8) is 0 Å². The number of halogens is 2. The predicted octanol–water partition coefficient (Wildman–Crippen LogP) is 3.12. The minimum atomic E-state index is -0.771. The number of nitrogens with one attached hydrogen (secondary N) is 1. The molecule has 0 saturated carbocycles. The van der Waals surface area contributed by atoms with Crippen LogP contribution in [0.15, 0.2) is 18.2 Å². The van der Waals surface area contributed by atoms with E-state index in [0.717, 1.165) is 17.6 Å². The van der Waals surface area contributed by atoms with Crippen LogP contribution >= 0.6 is 11.8 Å². The van der Waals surface area contributed by atoms with Gasteiger partial charge in [-0.25, -0.2) is 8.78 Å². The molecule has 16 heavy (non-hydrogen) atoms. The molecule has 0 amide bonds. The SMILES string of the molecule is CC1(C)CSCC(c2cccc(F)c2F)N1. The van der Waals surface area contributed by atoms with E-state index in [1.54, 1.807) is 23.9 Å². The molecule has 1 aromatic carbocycles. The molecule has 1 fully saturated rings. The Kier molecular flexibility index (Phi) is 3.22. The van der Waals surface area contributed by atoms with Gasteiger partial charge in [0.05, 0.1) is 0 Å². The van der Waals surface area contributed by atoms with Gasteiger partial charge in [-0.05, 0) is 19.9 Å². The van der Waals surface area contributed by atoms with Crippen molar-refractivity contribution < 1.29 is 8.78 Å². The van der Waals surface area contributed by atoms with Gasteiger partial charge in [-0.2, -0.15) is 11.8 Å². The van der Waals surface area contributed by atoms with Crippen molar-refractivity contribution in [3.8, 4) is 0 Å². The third-order valence-corrected chi connectivity index (χ3v) is 4.16. The summed E-state index contributed by atoms with van der Waals surface area (Å²) >= 11 is 1.77. The van der Waals surface area contributed by atoms with Gasteiger partial charge in [0.25, 0.3) is 0 Å². The molecule has 0 aliphatic carbocycles. The first-order chi connectivity index (χ1) is 7.49. The van der Waals surface area contributed by atoms with Gasteiger partial charge in [-0.1, -0.05) is 12.1 Å². The molecule has 0 aromatic heterocycles. The molecule has 0 spiro atoms. The first kappa shape index (κ1) is 11.9. The van der Waals surface area contributed by atoms with E-state index in [1.807, 2.05) is 0 Å². The molecule has 1 heterocycles. The largest absolute Gasteiger partial charge is 0.303 e. The molecule has 1 saturated heterocycles. The molecular weight excluding hydrogens is 228 g/mol. The van der Waals surface area contributed by atoms with Crippen LogP contribution in [0.25, 0.3) is 0 Å². The third-order valence-electron chi connectivity index (χ3n) is 2.67. The summed E-state index contributed by atoms with van der Waals surface area (Å²) in [6.45, 7) is 4.15. The van der Waals surface area contributed by atoms with E-state index in [4.69, 9.17) is 0 Å². The van der Waals surface area contributed by atoms with Crippen LogP contribution in [-0.2, 0) is 0 Å². The van der Waals surface area contributed by atoms with Gasteiger partial charge in [0.2, 0.25) is 0 Å². The summed E-state index contributed by atoms with van der Waals surface area (Å²) in [5.41, 5.74) is 0.395. The molecule has 1 aromatic rings.